The summed E-state index contributed by atoms with van der Waals surface area (Å²) in [6.07, 6.45) is 0.167. The lowest BCUT2D eigenvalue weighted by Crippen LogP contribution is -2.15. The van der Waals surface area contributed by atoms with Crippen LogP contribution in [0.2, 0.25) is 0 Å². The minimum Gasteiger partial charge on any atom is -0.278 e. The van der Waals surface area contributed by atoms with Crippen LogP contribution in [0.4, 0.5) is 4.79 Å². The van der Waals surface area contributed by atoms with E-state index >= 15 is 0 Å². The Morgan fingerprint density at radius 1 is 1.86 bits per heavy atom. The Labute approximate surface area is 39.2 Å². The summed E-state index contributed by atoms with van der Waals surface area (Å²) in [6, 6.07) is -0.949. The number of carbonyl (C=O) groups excluding carboxylic acids is 2. The minimum absolute atomic E-state index is 0.167. The first kappa shape index (κ1) is 5.74. The Morgan fingerprint density at radius 3 is 2.57 bits per heavy atom. The molecule has 0 saturated heterocycles. The molecule has 2 N–H and O–H groups in total. The third kappa shape index (κ3) is 2.54. The van der Waals surface area contributed by atoms with Crippen LogP contribution in [0.15, 0.2) is 5.11 Å². The van der Waals surface area contributed by atoms with Crippen LogP contribution in [0.25, 0.3) is 0 Å². The zero-order chi connectivity index (χ0) is 5.70. The lowest BCUT2D eigenvalue weighted by atomic mass is 11.0. The maximum atomic E-state index is 9.72. The molecule has 0 bridgehead atoms. The summed E-state index contributed by atoms with van der Waals surface area (Å²) in [5.74, 6) is 0. The monoisotopic (exact) mass is 101 g/mol. The molecule has 0 aliphatic heterocycles. The van der Waals surface area contributed by atoms with Crippen molar-refractivity contribution in [1.82, 2.24) is 5.32 Å². The van der Waals surface area contributed by atoms with E-state index in [9.17, 15) is 9.59 Å². The molecule has 5 nitrogen and oxygen atoms in total. The van der Waals surface area contributed by atoms with Gasteiger partial charge in [0.1, 0.15) is 0 Å². The van der Waals surface area contributed by atoms with Gasteiger partial charge in [0.15, 0.2) is 0 Å². The van der Waals surface area contributed by atoms with E-state index in [1.54, 1.807) is 5.32 Å². The van der Waals surface area contributed by atoms with Crippen molar-refractivity contribution >= 4 is 12.4 Å². The van der Waals surface area contributed by atoms with Crippen molar-refractivity contribution in [3.05, 3.63) is 0 Å². The average molecular weight is 101 g/mol. The summed E-state index contributed by atoms with van der Waals surface area (Å²) >= 11 is 0. The highest BCUT2D eigenvalue weighted by Crippen LogP contribution is 1.63. The van der Waals surface area contributed by atoms with Crippen molar-refractivity contribution in [3.63, 3.8) is 0 Å². The summed E-state index contributed by atoms with van der Waals surface area (Å²) < 4.78 is 0. The molecule has 0 radical (unpaired) electrons. The number of carbonyl (C=O) groups is 2. The van der Waals surface area contributed by atoms with Crippen molar-refractivity contribution in [1.29, 1.82) is 5.53 Å². The Kier molecular flexibility index (Phi) is 2.42. The zero-order valence-electron chi connectivity index (χ0n) is 3.34. The molecule has 0 aliphatic rings. The normalized spacial score (nSPS) is 6.86. The van der Waals surface area contributed by atoms with Crippen molar-refractivity contribution in [2.75, 3.05) is 0 Å². The summed E-state index contributed by atoms with van der Waals surface area (Å²) in [5, 5.41) is 3.97. The predicted octanol–water partition coefficient (Wildman–Crippen LogP) is -0.117. The molecule has 0 unspecified atom stereocenters. The van der Waals surface area contributed by atoms with Gasteiger partial charge in [0.25, 0.3) is 0 Å². The van der Waals surface area contributed by atoms with Gasteiger partial charge < -0.3 is 0 Å². The molecule has 7 heavy (non-hydrogen) atoms. The highest BCUT2D eigenvalue weighted by Gasteiger charge is 1.87. The maximum Gasteiger partial charge on any atom is 0.365 e. The Hall–Kier alpha value is -1.26. The van der Waals surface area contributed by atoms with E-state index in [0.717, 1.165) is 0 Å². The molecular weight excluding hydrogens is 98.0 g/mol. The minimum atomic E-state index is -0.949. The number of urea groups is 1. The first-order chi connectivity index (χ1) is 3.31. The van der Waals surface area contributed by atoms with Gasteiger partial charge in [-0.25, -0.2) is 4.79 Å². The van der Waals surface area contributed by atoms with E-state index in [0.29, 0.717) is 0 Å². The molecule has 0 aromatic rings. The van der Waals surface area contributed by atoms with E-state index < -0.39 is 6.03 Å². The molecule has 0 aromatic carbocycles. The number of hydrogen-bond donors (Lipinski definition) is 2. The molecule has 38 valence electrons. The van der Waals surface area contributed by atoms with Crippen molar-refractivity contribution < 1.29 is 9.59 Å². The van der Waals surface area contributed by atoms with Crippen LogP contribution < -0.4 is 5.32 Å². The van der Waals surface area contributed by atoms with Gasteiger partial charge in [0.2, 0.25) is 6.41 Å². The molecule has 0 heterocycles. The quantitative estimate of drug-likeness (QED) is 0.356. The second kappa shape index (κ2) is 2.95. The smallest absolute Gasteiger partial charge is 0.278 e. The highest BCUT2D eigenvalue weighted by atomic mass is 16.2. The van der Waals surface area contributed by atoms with Crippen LogP contribution in [-0.4, -0.2) is 12.4 Å². The maximum absolute atomic E-state index is 9.72. The Bertz CT molecular complexity index is 99.1. The fraction of sp³-hybridized carbons (Fsp3) is 0. The first-order valence-corrected chi connectivity index (χ1v) is 1.43. The van der Waals surface area contributed by atoms with Crippen LogP contribution in [0.3, 0.4) is 0 Å². The van der Waals surface area contributed by atoms with Gasteiger partial charge in [-0.05, 0) is 0 Å². The lowest BCUT2D eigenvalue weighted by Gasteiger charge is -1.79. The number of rotatable bonds is 1. The summed E-state index contributed by atoms with van der Waals surface area (Å²) in [7, 11) is 0. The van der Waals surface area contributed by atoms with Gasteiger partial charge >= 0.3 is 6.03 Å². The molecule has 0 aliphatic carbocycles. The van der Waals surface area contributed by atoms with Crippen molar-refractivity contribution in [2.24, 2.45) is 5.11 Å². The molecule has 0 rings (SSSR count). The van der Waals surface area contributed by atoms with Crippen molar-refractivity contribution in [2.45, 2.75) is 0 Å². The standard InChI is InChI=1S/C2H3N3O2/c3-5-2(7)4-1-6/h1,3H,(H,4,6,7). The molecule has 3 amide bonds. The molecule has 0 spiro atoms. The Balaban J connectivity index is 3.36. The number of nitrogens with one attached hydrogen (secondary N) is 2. The second-order valence-corrected chi connectivity index (χ2v) is 0.679. The van der Waals surface area contributed by atoms with Gasteiger partial charge in [-0.15, -0.1) is 0 Å². The second-order valence-electron chi connectivity index (χ2n) is 0.679. The van der Waals surface area contributed by atoms with E-state index in [4.69, 9.17) is 5.53 Å². The van der Waals surface area contributed by atoms with Crippen LogP contribution >= 0.6 is 0 Å². The lowest BCUT2D eigenvalue weighted by molar-refractivity contribution is -0.108. The van der Waals surface area contributed by atoms with Crippen LogP contribution in [-0.2, 0) is 4.79 Å². The summed E-state index contributed by atoms with van der Waals surface area (Å²) in [5.41, 5.74) is 5.97. The number of nitrogens with zero attached hydrogens (tertiary/aromatic N) is 1. The number of imide groups is 1. The zero-order valence-corrected chi connectivity index (χ0v) is 3.34. The summed E-state index contributed by atoms with van der Waals surface area (Å²) in [6.45, 7) is 0. The number of amides is 3. The Morgan fingerprint density at radius 2 is 2.43 bits per heavy atom. The molecule has 0 aromatic heterocycles. The topological polar surface area (TPSA) is 82.4 Å². The third-order valence-corrected chi connectivity index (χ3v) is 0.284. The fourth-order valence-electron chi connectivity index (χ4n) is 0.0827. The molecule has 0 fully saturated rings. The first-order valence-electron chi connectivity index (χ1n) is 1.43. The molecule has 0 saturated carbocycles. The SMILES string of the molecule is N=NC(=O)NC=O. The predicted molar refractivity (Wildman–Crippen MR) is 19.7 cm³/mol. The van der Waals surface area contributed by atoms with E-state index in [1.165, 1.54) is 0 Å². The molecular formula is C2H3N3O2. The van der Waals surface area contributed by atoms with Crippen LogP contribution in [0.1, 0.15) is 0 Å². The van der Waals surface area contributed by atoms with Crippen molar-refractivity contribution in [3.8, 4) is 0 Å². The van der Waals surface area contributed by atoms with Gasteiger partial charge in [-0.2, -0.15) is 5.53 Å². The van der Waals surface area contributed by atoms with E-state index in [2.05, 4.69) is 5.11 Å². The molecule has 5 heteroatoms. The molecule has 0 atom stereocenters. The van der Waals surface area contributed by atoms with Gasteiger partial charge in [-0.1, -0.05) is 5.11 Å². The fourth-order valence-corrected chi connectivity index (χ4v) is 0.0827. The van der Waals surface area contributed by atoms with Gasteiger partial charge in [0, 0.05) is 0 Å². The highest BCUT2D eigenvalue weighted by molar-refractivity contribution is 5.84. The van der Waals surface area contributed by atoms with E-state index in [-0.39, 0.29) is 6.41 Å². The van der Waals surface area contributed by atoms with E-state index in [1.807, 2.05) is 0 Å². The van der Waals surface area contributed by atoms with Gasteiger partial charge in [0.05, 0.1) is 0 Å². The summed E-state index contributed by atoms with van der Waals surface area (Å²) in [4.78, 5) is 19.0. The third-order valence-electron chi connectivity index (χ3n) is 0.284. The number of hydrogen-bond acceptors (Lipinski definition) is 3. The van der Waals surface area contributed by atoms with Crippen LogP contribution in [0, 0.1) is 5.53 Å². The largest absolute Gasteiger partial charge is 0.365 e. The average Bonchev–Trinajstić information content (AvgIpc) is 1.68. The van der Waals surface area contributed by atoms with Gasteiger partial charge in [-0.3, -0.25) is 10.1 Å². The van der Waals surface area contributed by atoms with Crippen LogP contribution in [0.5, 0.6) is 0 Å².